The number of hydrogen-bond donors (Lipinski definition) is 1. The first-order chi connectivity index (χ1) is 12.8. The third-order valence-electron chi connectivity index (χ3n) is 5.69. The summed E-state index contributed by atoms with van der Waals surface area (Å²) in [5.74, 6) is 1.09. The van der Waals surface area contributed by atoms with E-state index in [1.165, 1.54) is 11.1 Å². The van der Waals surface area contributed by atoms with Crippen LogP contribution < -0.4 is 10.1 Å². The van der Waals surface area contributed by atoms with Crippen LogP contribution in [-0.4, -0.2) is 37.6 Å². The highest BCUT2D eigenvalue weighted by Crippen LogP contribution is 2.37. The molecule has 0 saturated carbocycles. The Kier molecular flexibility index (Phi) is 6.40. The molecule has 27 heavy (non-hydrogen) atoms. The van der Waals surface area contributed by atoms with Crippen molar-refractivity contribution in [3.05, 3.63) is 65.2 Å². The Morgan fingerprint density at radius 2 is 1.85 bits per heavy atom. The lowest BCUT2D eigenvalue weighted by Crippen LogP contribution is -2.50. The fourth-order valence-electron chi connectivity index (χ4n) is 4.40. The highest BCUT2D eigenvalue weighted by molar-refractivity contribution is 5.85. The Morgan fingerprint density at radius 3 is 2.67 bits per heavy atom. The number of carbonyl (C=O) groups excluding carboxylic acids is 1. The molecule has 1 heterocycles. The fourth-order valence-corrected chi connectivity index (χ4v) is 4.40. The maximum absolute atomic E-state index is 13.6. The number of methoxy groups -OCH3 is 1. The lowest BCUT2D eigenvalue weighted by Gasteiger charge is -2.40. The van der Waals surface area contributed by atoms with Gasteiger partial charge in [0, 0.05) is 25.2 Å². The van der Waals surface area contributed by atoms with Gasteiger partial charge in [0.2, 0.25) is 5.91 Å². The molecule has 0 aromatic heterocycles. The van der Waals surface area contributed by atoms with Crippen molar-refractivity contribution in [2.75, 3.05) is 26.7 Å². The minimum Gasteiger partial charge on any atom is -0.496 e. The van der Waals surface area contributed by atoms with Crippen LogP contribution in [0.4, 0.5) is 0 Å². The molecule has 2 aliphatic rings. The largest absolute Gasteiger partial charge is 0.496 e. The number of halogens is 1. The summed E-state index contributed by atoms with van der Waals surface area (Å²) in [6.07, 6.45) is 3.11. The summed E-state index contributed by atoms with van der Waals surface area (Å²) < 4.78 is 5.56. The second-order valence-corrected chi connectivity index (χ2v) is 7.14. The Bertz CT molecular complexity index is 795. The standard InChI is InChI=1S/C22H26N2O2.ClH/c1-26-21-12-5-4-10-19(21)20-15-23-13-14-24(20)22(25)18-11-6-8-16-7-2-3-9-17(16)18;/h2-5,7,9-10,12,18,20,23H,6,8,11,13-15H2,1H3;1H. The number of nitrogens with one attached hydrogen (secondary N) is 1. The SMILES string of the molecule is COc1ccccc1C1CNCCN1C(=O)C1CCCc2ccccc21.Cl. The number of rotatable bonds is 3. The number of fused-ring (bicyclic) bond motifs is 1. The van der Waals surface area contributed by atoms with Crippen molar-refractivity contribution in [3.63, 3.8) is 0 Å². The first-order valence-corrected chi connectivity index (χ1v) is 9.51. The molecule has 0 radical (unpaired) electrons. The molecule has 2 aromatic rings. The number of para-hydroxylation sites is 1. The molecule has 0 bridgehead atoms. The molecule has 4 rings (SSSR count). The molecule has 2 unspecified atom stereocenters. The summed E-state index contributed by atoms with van der Waals surface area (Å²) in [7, 11) is 1.69. The van der Waals surface area contributed by atoms with E-state index in [2.05, 4.69) is 40.5 Å². The van der Waals surface area contributed by atoms with Crippen molar-refractivity contribution in [2.45, 2.75) is 31.2 Å². The zero-order valence-corrected chi connectivity index (χ0v) is 16.5. The van der Waals surface area contributed by atoms with E-state index in [0.29, 0.717) is 0 Å². The van der Waals surface area contributed by atoms with Crippen molar-refractivity contribution in [2.24, 2.45) is 0 Å². The molecule has 1 fully saturated rings. The molecule has 1 amide bonds. The van der Waals surface area contributed by atoms with Gasteiger partial charge in [0.25, 0.3) is 0 Å². The second kappa shape index (κ2) is 8.77. The van der Waals surface area contributed by atoms with Crippen molar-refractivity contribution >= 4 is 18.3 Å². The summed E-state index contributed by atoms with van der Waals surface area (Å²) >= 11 is 0. The number of piperazine rings is 1. The lowest BCUT2D eigenvalue weighted by atomic mass is 9.81. The van der Waals surface area contributed by atoms with Crippen LogP contribution in [0.2, 0.25) is 0 Å². The van der Waals surface area contributed by atoms with E-state index >= 15 is 0 Å². The predicted octanol–water partition coefficient (Wildman–Crippen LogP) is 3.71. The molecule has 5 heteroatoms. The van der Waals surface area contributed by atoms with E-state index in [1.807, 2.05) is 18.2 Å². The second-order valence-electron chi connectivity index (χ2n) is 7.14. The van der Waals surface area contributed by atoms with Gasteiger partial charge in [-0.3, -0.25) is 4.79 Å². The predicted molar refractivity (Wildman–Crippen MR) is 110 cm³/mol. The fraction of sp³-hybridized carbons (Fsp3) is 0.409. The monoisotopic (exact) mass is 386 g/mol. The maximum atomic E-state index is 13.6. The van der Waals surface area contributed by atoms with Gasteiger partial charge in [0.05, 0.1) is 19.1 Å². The topological polar surface area (TPSA) is 41.6 Å². The van der Waals surface area contributed by atoms with Crippen molar-refractivity contribution in [1.29, 1.82) is 0 Å². The number of nitrogens with zero attached hydrogens (tertiary/aromatic N) is 1. The van der Waals surface area contributed by atoms with Gasteiger partial charge in [-0.25, -0.2) is 0 Å². The number of aryl methyl sites for hydroxylation is 1. The zero-order valence-electron chi connectivity index (χ0n) is 15.7. The number of carbonyl (C=O) groups is 1. The molecular formula is C22H27ClN2O2. The molecule has 2 atom stereocenters. The van der Waals surface area contributed by atoms with E-state index in [-0.39, 0.29) is 30.3 Å². The quantitative estimate of drug-likeness (QED) is 0.874. The van der Waals surface area contributed by atoms with Crippen LogP contribution in [-0.2, 0) is 11.2 Å². The lowest BCUT2D eigenvalue weighted by molar-refractivity contribution is -0.136. The minimum atomic E-state index is -0.0183. The normalized spacial score (nSPS) is 21.7. The van der Waals surface area contributed by atoms with Gasteiger partial charge < -0.3 is 15.0 Å². The van der Waals surface area contributed by atoms with Crippen molar-refractivity contribution in [3.8, 4) is 5.75 Å². The summed E-state index contributed by atoms with van der Waals surface area (Å²) in [4.78, 5) is 15.6. The summed E-state index contributed by atoms with van der Waals surface area (Å²) in [5, 5.41) is 3.44. The minimum absolute atomic E-state index is 0. The smallest absolute Gasteiger partial charge is 0.230 e. The van der Waals surface area contributed by atoms with E-state index in [9.17, 15) is 4.79 Å². The van der Waals surface area contributed by atoms with Crippen molar-refractivity contribution in [1.82, 2.24) is 10.2 Å². The molecule has 2 aromatic carbocycles. The van der Waals surface area contributed by atoms with Gasteiger partial charge in [0.1, 0.15) is 5.75 Å². The van der Waals surface area contributed by atoms with Gasteiger partial charge in [-0.15, -0.1) is 12.4 Å². The Balaban J connectivity index is 0.00000210. The van der Waals surface area contributed by atoms with E-state index in [4.69, 9.17) is 4.74 Å². The summed E-state index contributed by atoms with van der Waals surface area (Å²) in [6, 6.07) is 16.5. The van der Waals surface area contributed by atoms with Crippen LogP contribution in [0.25, 0.3) is 0 Å². The molecule has 1 aliphatic heterocycles. The number of ether oxygens (including phenoxy) is 1. The maximum Gasteiger partial charge on any atom is 0.230 e. The highest BCUT2D eigenvalue weighted by atomic mass is 35.5. The summed E-state index contributed by atoms with van der Waals surface area (Å²) in [6.45, 7) is 2.34. The highest BCUT2D eigenvalue weighted by Gasteiger charge is 2.35. The molecule has 0 spiro atoms. The average Bonchev–Trinajstić information content (AvgIpc) is 2.73. The van der Waals surface area contributed by atoms with Crippen molar-refractivity contribution < 1.29 is 9.53 Å². The zero-order chi connectivity index (χ0) is 17.9. The molecule has 144 valence electrons. The van der Waals surface area contributed by atoms with Gasteiger partial charge in [-0.05, 0) is 36.5 Å². The van der Waals surface area contributed by atoms with Gasteiger partial charge in [0.15, 0.2) is 0 Å². The molecule has 1 N–H and O–H groups in total. The van der Waals surface area contributed by atoms with Gasteiger partial charge >= 0.3 is 0 Å². The van der Waals surface area contributed by atoms with E-state index < -0.39 is 0 Å². The van der Waals surface area contributed by atoms with Crippen LogP contribution in [0.15, 0.2) is 48.5 Å². The number of amides is 1. The van der Waals surface area contributed by atoms with E-state index in [1.54, 1.807) is 7.11 Å². The number of hydrogen-bond acceptors (Lipinski definition) is 3. The Hall–Kier alpha value is -2.04. The molecule has 1 aliphatic carbocycles. The van der Waals surface area contributed by atoms with Gasteiger partial charge in [-0.1, -0.05) is 42.5 Å². The summed E-state index contributed by atoms with van der Waals surface area (Å²) in [5.41, 5.74) is 3.64. The van der Waals surface area contributed by atoms with Crippen LogP contribution in [0, 0.1) is 0 Å². The first-order valence-electron chi connectivity index (χ1n) is 9.51. The third-order valence-corrected chi connectivity index (χ3v) is 5.69. The van der Waals surface area contributed by atoms with Crippen LogP contribution in [0.3, 0.4) is 0 Å². The van der Waals surface area contributed by atoms with Gasteiger partial charge in [-0.2, -0.15) is 0 Å². The Labute approximate surface area is 167 Å². The number of benzene rings is 2. The van der Waals surface area contributed by atoms with Crippen LogP contribution >= 0.6 is 12.4 Å². The van der Waals surface area contributed by atoms with E-state index in [0.717, 1.165) is 50.2 Å². The van der Waals surface area contributed by atoms with Crippen LogP contribution in [0.5, 0.6) is 5.75 Å². The Morgan fingerprint density at radius 1 is 1.11 bits per heavy atom. The third kappa shape index (κ3) is 3.83. The first kappa shape index (κ1) is 19.7. The average molecular weight is 387 g/mol. The molecule has 1 saturated heterocycles. The molecular weight excluding hydrogens is 360 g/mol. The molecule has 4 nitrogen and oxygen atoms in total. The van der Waals surface area contributed by atoms with Crippen LogP contribution in [0.1, 0.15) is 41.5 Å².